The predicted molar refractivity (Wildman–Crippen MR) is 129 cm³/mol. The molecule has 184 valence electrons. The Morgan fingerprint density at radius 2 is 2.03 bits per heavy atom. The molecule has 3 aromatic rings. The Bertz CT molecular complexity index is 1260. The van der Waals surface area contributed by atoms with Gasteiger partial charge in [0.25, 0.3) is 5.91 Å². The number of aromatic nitrogens is 3. The van der Waals surface area contributed by atoms with Gasteiger partial charge in [0, 0.05) is 26.6 Å². The molecular formula is C22H23F2N7O3S. The van der Waals surface area contributed by atoms with Gasteiger partial charge in [0.1, 0.15) is 33.4 Å². The predicted octanol–water partition coefficient (Wildman–Crippen LogP) is 3.85. The van der Waals surface area contributed by atoms with E-state index in [1.54, 1.807) is 11.7 Å². The molecule has 0 spiro atoms. The molecule has 0 aliphatic carbocycles. The Morgan fingerprint density at radius 3 is 2.74 bits per heavy atom. The van der Waals surface area contributed by atoms with Crippen molar-refractivity contribution in [3.05, 3.63) is 41.7 Å². The van der Waals surface area contributed by atoms with Crippen LogP contribution in [0.15, 0.2) is 29.4 Å². The van der Waals surface area contributed by atoms with Gasteiger partial charge in [0.2, 0.25) is 0 Å². The number of carbonyl (C=O) groups is 2. The number of anilines is 3. The summed E-state index contributed by atoms with van der Waals surface area (Å²) in [6, 6.07) is 3.46. The standard InChI is InChI=1S/C22H23F2N7O3S/c1-26-22(33)34-12-5-4-9-31(10-8-12)21-15(11-27-30(21)2)28-19(32)17-18(25)35-20(29-17)16-13(23)6-3-7-14(16)24/h3,6-7,11-12H,1,4-5,8-10,25H2,2H3,(H,28,32). The summed E-state index contributed by atoms with van der Waals surface area (Å²) < 4.78 is 35.2. The highest BCUT2D eigenvalue weighted by Crippen LogP contribution is 2.34. The zero-order valence-electron chi connectivity index (χ0n) is 18.8. The number of rotatable bonds is 5. The van der Waals surface area contributed by atoms with Crippen LogP contribution in [0.4, 0.5) is 30.1 Å². The topological polar surface area (TPSA) is 128 Å². The van der Waals surface area contributed by atoms with Crippen molar-refractivity contribution in [3.8, 4) is 10.6 Å². The molecule has 0 radical (unpaired) electrons. The molecule has 13 heteroatoms. The van der Waals surface area contributed by atoms with E-state index in [2.05, 4.69) is 27.1 Å². The molecule has 3 heterocycles. The molecular weight excluding hydrogens is 480 g/mol. The Labute approximate surface area is 203 Å². The number of benzene rings is 1. The molecule has 1 unspecified atom stereocenters. The zero-order chi connectivity index (χ0) is 25.1. The average Bonchev–Trinajstić information content (AvgIpc) is 3.28. The molecule has 0 bridgehead atoms. The Kier molecular flexibility index (Phi) is 7.05. The van der Waals surface area contributed by atoms with E-state index >= 15 is 0 Å². The molecule has 2 aromatic heterocycles. The van der Waals surface area contributed by atoms with Crippen LogP contribution >= 0.6 is 11.3 Å². The third kappa shape index (κ3) is 5.14. The van der Waals surface area contributed by atoms with Crippen molar-refractivity contribution >= 4 is 46.6 Å². The number of aliphatic imine (C=N–C) groups is 1. The minimum atomic E-state index is -0.797. The highest BCUT2D eigenvalue weighted by Gasteiger charge is 2.26. The summed E-state index contributed by atoms with van der Waals surface area (Å²) in [5, 5.41) is 7.01. The summed E-state index contributed by atoms with van der Waals surface area (Å²) in [4.78, 5) is 33.8. The average molecular weight is 504 g/mol. The molecule has 1 atom stereocenters. The fraction of sp³-hybridized carbons (Fsp3) is 0.318. The maximum absolute atomic E-state index is 14.2. The first kappa shape index (κ1) is 24.3. The molecule has 3 N–H and O–H groups in total. The Balaban J connectivity index is 1.53. The molecule has 2 amide bonds. The van der Waals surface area contributed by atoms with Gasteiger partial charge in [-0.15, -0.1) is 0 Å². The normalized spacial score (nSPS) is 16.0. The SMILES string of the molecule is C=NC(=O)OC1CCCN(c2c(NC(=O)c3nc(-c4c(F)cccc4F)sc3N)cnn2C)CC1. The lowest BCUT2D eigenvalue weighted by Crippen LogP contribution is -2.28. The summed E-state index contributed by atoms with van der Waals surface area (Å²) in [5.41, 5.74) is 5.92. The minimum absolute atomic E-state index is 0.0286. The van der Waals surface area contributed by atoms with Crippen LogP contribution in [0.1, 0.15) is 29.8 Å². The lowest BCUT2D eigenvalue weighted by Gasteiger charge is -2.24. The number of hydrogen-bond acceptors (Lipinski definition) is 8. The quantitative estimate of drug-likeness (QED) is 0.506. The molecule has 10 nitrogen and oxygen atoms in total. The maximum atomic E-state index is 14.2. The van der Waals surface area contributed by atoms with Gasteiger partial charge >= 0.3 is 6.09 Å². The Morgan fingerprint density at radius 1 is 1.29 bits per heavy atom. The molecule has 4 rings (SSSR count). The highest BCUT2D eigenvalue weighted by molar-refractivity contribution is 7.19. The molecule has 1 aromatic carbocycles. The van der Waals surface area contributed by atoms with Crippen LogP contribution in [0, 0.1) is 11.6 Å². The summed E-state index contributed by atoms with van der Waals surface area (Å²) in [5.74, 6) is -1.57. The van der Waals surface area contributed by atoms with Crippen molar-refractivity contribution in [2.75, 3.05) is 29.0 Å². The monoisotopic (exact) mass is 503 g/mol. The van der Waals surface area contributed by atoms with Gasteiger partial charge in [0.15, 0.2) is 11.5 Å². The van der Waals surface area contributed by atoms with E-state index in [4.69, 9.17) is 10.5 Å². The minimum Gasteiger partial charge on any atom is -0.445 e. The van der Waals surface area contributed by atoms with Crippen LogP contribution in [-0.4, -0.2) is 52.7 Å². The number of aryl methyl sites for hydroxylation is 1. The number of nitrogens with one attached hydrogen (secondary N) is 1. The molecule has 0 saturated carbocycles. The first-order chi connectivity index (χ1) is 16.8. The zero-order valence-corrected chi connectivity index (χ0v) is 19.6. The van der Waals surface area contributed by atoms with E-state index in [1.807, 2.05) is 4.90 Å². The first-order valence-electron chi connectivity index (χ1n) is 10.7. The van der Waals surface area contributed by atoms with Gasteiger partial charge < -0.3 is 20.7 Å². The van der Waals surface area contributed by atoms with E-state index in [0.29, 0.717) is 37.4 Å². The van der Waals surface area contributed by atoms with Crippen molar-refractivity contribution in [3.63, 3.8) is 0 Å². The number of carbonyl (C=O) groups excluding carboxylic acids is 2. The second-order valence-corrected chi connectivity index (χ2v) is 8.90. The number of nitrogens with two attached hydrogens (primary N) is 1. The van der Waals surface area contributed by atoms with E-state index in [1.165, 1.54) is 12.3 Å². The first-order valence-corrected chi connectivity index (χ1v) is 11.6. The van der Waals surface area contributed by atoms with Gasteiger partial charge in [-0.3, -0.25) is 9.48 Å². The smallest absolute Gasteiger partial charge is 0.433 e. The number of hydrogen-bond donors (Lipinski definition) is 2. The fourth-order valence-corrected chi connectivity index (χ4v) is 4.83. The van der Waals surface area contributed by atoms with Crippen molar-refractivity contribution in [2.24, 2.45) is 12.0 Å². The van der Waals surface area contributed by atoms with Gasteiger partial charge in [-0.05, 0) is 31.7 Å². The van der Waals surface area contributed by atoms with Crippen molar-refractivity contribution < 1.29 is 23.1 Å². The van der Waals surface area contributed by atoms with Gasteiger partial charge in [-0.1, -0.05) is 17.4 Å². The number of nitrogen functional groups attached to an aromatic ring is 1. The fourth-order valence-electron chi connectivity index (χ4n) is 3.95. The van der Waals surface area contributed by atoms with Crippen LogP contribution in [0.2, 0.25) is 0 Å². The summed E-state index contributed by atoms with van der Waals surface area (Å²) in [7, 11) is 1.74. The Hall–Kier alpha value is -3.87. The second-order valence-electron chi connectivity index (χ2n) is 7.87. The van der Waals surface area contributed by atoms with E-state index in [-0.39, 0.29) is 27.4 Å². The van der Waals surface area contributed by atoms with Crippen molar-refractivity contribution in [1.82, 2.24) is 14.8 Å². The summed E-state index contributed by atoms with van der Waals surface area (Å²) >= 11 is 0.823. The van der Waals surface area contributed by atoms with Crippen molar-refractivity contribution in [2.45, 2.75) is 25.4 Å². The molecule has 1 aliphatic heterocycles. The van der Waals surface area contributed by atoms with E-state index < -0.39 is 23.6 Å². The van der Waals surface area contributed by atoms with E-state index in [9.17, 15) is 18.4 Å². The number of halogens is 2. The molecule has 1 saturated heterocycles. The maximum Gasteiger partial charge on any atom is 0.433 e. The number of nitrogens with zero attached hydrogens (tertiary/aromatic N) is 5. The summed E-state index contributed by atoms with van der Waals surface area (Å²) in [6.45, 7) is 4.37. The van der Waals surface area contributed by atoms with Gasteiger partial charge in [-0.2, -0.15) is 10.1 Å². The largest absolute Gasteiger partial charge is 0.445 e. The van der Waals surface area contributed by atoms with Crippen LogP contribution in [0.5, 0.6) is 0 Å². The second kappa shape index (κ2) is 10.2. The van der Waals surface area contributed by atoms with Gasteiger partial charge in [0.05, 0.1) is 11.8 Å². The number of ether oxygens (including phenoxy) is 1. The molecule has 35 heavy (non-hydrogen) atoms. The van der Waals surface area contributed by atoms with Crippen molar-refractivity contribution in [1.29, 1.82) is 0 Å². The third-order valence-corrected chi connectivity index (χ3v) is 6.47. The van der Waals surface area contributed by atoms with Gasteiger partial charge in [-0.25, -0.2) is 18.6 Å². The highest BCUT2D eigenvalue weighted by atomic mass is 32.1. The van der Waals surface area contributed by atoms with Crippen LogP contribution in [0.25, 0.3) is 10.6 Å². The van der Waals surface area contributed by atoms with Crippen LogP contribution < -0.4 is 16.0 Å². The molecule has 1 aliphatic rings. The number of thiazole rings is 1. The third-order valence-electron chi connectivity index (χ3n) is 5.57. The van der Waals surface area contributed by atoms with Crippen LogP contribution in [-0.2, 0) is 11.8 Å². The lowest BCUT2D eigenvalue weighted by atomic mass is 10.2. The van der Waals surface area contributed by atoms with E-state index in [0.717, 1.165) is 29.9 Å². The number of amides is 2. The van der Waals surface area contributed by atoms with Crippen LogP contribution in [0.3, 0.4) is 0 Å². The molecule has 1 fully saturated rings. The lowest BCUT2D eigenvalue weighted by molar-refractivity contribution is 0.0996. The summed E-state index contributed by atoms with van der Waals surface area (Å²) in [6.07, 6.45) is 2.49.